The molecule has 0 amide bonds. The van der Waals surface area contributed by atoms with Gasteiger partial charge in [0.25, 0.3) is 0 Å². The first-order valence-electron chi connectivity index (χ1n) is 3.72. The van der Waals surface area contributed by atoms with Gasteiger partial charge in [0.2, 0.25) is 0 Å². The van der Waals surface area contributed by atoms with Gasteiger partial charge in [0.1, 0.15) is 5.38 Å². The molecule has 0 heterocycles. The summed E-state index contributed by atoms with van der Waals surface area (Å²) in [6.45, 7) is 1.47. The molecule has 4 heteroatoms. The van der Waals surface area contributed by atoms with E-state index in [-0.39, 0.29) is 5.78 Å². The molecule has 70 valence electrons. The molecule has 1 aromatic carbocycles. The minimum absolute atomic E-state index is 0.0646. The smallest absolute Gasteiger partial charge is 0.152 e. The number of nitrogens with two attached hydrogens (primary N) is 1. The summed E-state index contributed by atoms with van der Waals surface area (Å²) in [7, 11) is 0. The Kier molecular flexibility index (Phi) is 3.55. The van der Waals surface area contributed by atoms with E-state index in [9.17, 15) is 4.79 Å². The number of halogens is 2. The lowest BCUT2D eigenvalue weighted by Crippen LogP contribution is -2.05. The average molecular weight is 310 g/mol. The van der Waals surface area contributed by atoms with Gasteiger partial charge in [-0.1, -0.05) is 12.1 Å². The van der Waals surface area contributed by atoms with E-state index in [4.69, 9.17) is 17.3 Å². The number of Topliss-reactive ketones (excluding diaryl/α,β-unsaturated/α-hetero) is 1. The quantitative estimate of drug-likeness (QED) is 0.518. The van der Waals surface area contributed by atoms with E-state index in [0.717, 1.165) is 9.13 Å². The molecule has 0 saturated carbocycles. The highest BCUT2D eigenvalue weighted by molar-refractivity contribution is 14.1. The maximum absolute atomic E-state index is 11.0. The van der Waals surface area contributed by atoms with Gasteiger partial charge in [-0.2, -0.15) is 0 Å². The van der Waals surface area contributed by atoms with Gasteiger partial charge in [0.05, 0.1) is 0 Å². The summed E-state index contributed by atoms with van der Waals surface area (Å²) < 4.78 is 0.857. The van der Waals surface area contributed by atoms with Crippen LogP contribution in [0.1, 0.15) is 17.9 Å². The molecule has 0 aliphatic heterocycles. The molecule has 1 rings (SSSR count). The molecule has 0 bridgehead atoms. The van der Waals surface area contributed by atoms with E-state index in [1.165, 1.54) is 6.92 Å². The van der Waals surface area contributed by atoms with Crippen molar-refractivity contribution in [2.24, 2.45) is 0 Å². The SMILES string of the molecule is CC(=O)C(Cl)c1cccc(N)c1I. The van der Waals surface area contributed by atoms with Crippen molar-refractivity contribution in [3.63, 3.8) is 0 Å². The number of hydrogen-bond donors (Lipinski definition) is 1. The van der Waals surface area contributed by atoms with E-state index < -0.39 is 5.38 Å². The number of rotatable bonds is 2. The lowest BCUT2D eigenvalue weighted by atomic mass is 10.1. The fourth-order valence-electron chi connectivity index (χ4n) is 0.983. The predicted octanol–water partition coefficient (Wildman–Crippen LogP) is 2.74. The summed E-state index contributed by atoms with van der Waals surface area (Å²) in [5, 5.41) is -0.588. The molecular formula is C9H9ClINO. The Labute approximate surface area is 95.6 Å². The van der Waals surface area contributed by atoms with Crippen LogP contribution in [0, 0.1) is 3.57 Å². The number of hydrogen-bond acceptors (Lipinski definition) is 2. The van der Waals surface area contributed by atoms with Crippen molar-refractivity contribution in [2.45, 2.75) is 12.3 Å². The lowest BCUT2D eigenvalue weighted by molar-refractivity contribution is -0.116. The highest BCUT2D eigenvalue weighted by Crippen LogP contribution is 2.29. The lowest BCUT2D eigenvalue weighted by Gasteiger charge is -2.09. The van der Waals surface area contributed by atoms with Crippen LogP contribution in [-0.2, 0) is 4.79 Å². The molecule has 2 nitrogen and oxygen atoms in total. The van der Waals surface area contributed by atoms with Gasteiger partial charge in [-0.05, 0) is 41.1 Å². The Morgan fingerprint density at radius 3 is 2.77 bits per heavy atom. The summed E-state index contributed by atoms with van der Waals surface area (Å²) >= 11 is 8.00. The largest absolute Gasteiger partial charge is 0.398 e. The second-order valence-corrected chi connectivity index (χ2v) is 4.24. The number of anilines is 1. The van der Waals surface area contributed by atoms with Gasteiger partial charge in [-0.15, -0.1) is 11.6 Å². The van der Waals surface area contributed by atoms with Crippen molar-refractivity contribution in [1.29, 1.82) is 0 Å². The van der Waals surface area contributed by atoms with Crippen LogP contribution < -0.4 is 5.73 Å². The first kappa shape index (κ1) is 10.8. The third-order valence-electron chi connectivity index (χ3n) is 1.69. The molecule has 0 aromatic heterocycles. The topological polar surface area (TPSA) is 43.1 Å². The van der Waals surface area contributed by atoms with Gasteiger partial charge in [0.15, 0.2) is 5.78 Å². The third-order valence-corrected chi connectivity index (χ3v) is 3.48. The number of benzene rings is 1. The molecule has 2 N–H and O–H groups in total. The fourth-order valence-corrected chi connectivity index (χ4v) is 2.02. The van der Waals surface area contributed by atoms with Crippen LogP contribution in [0.5, 0.6) is 0 Å². The number of carbonyl (C=O) groups is 1. The van der Waals surface area contributed by atoms with Crippen molar-refractivity contribution in [1.82, 2.24) is 0 Å². The van der Waals surface area contributed by atoms with Crippen LogP contribution >= 0.6 is 34.2 Å². The molecule has 0 radical (unpaired) electrons. The monoisotopic (exact) mass is 309 g/mol. The summed E-state index contributed by atoms with van der Waals surface area (Å²) in [6.07, 6.45) is 0. The minimum Gasteiger partial charge on any atom is -0.398 e. The van der Waals surface area contributed by atoms with Crippen LogP contribution in [0.3, 0.4) is 0 Å². The first-order valence-corrected chi connectivity index (χ1v) is 5.24. The zero-order valence-electron chi connectivity index (χ0n) is 7.05. The Bertz CT molecular complexity index is 340. The maximum atomic E-state index is 11.0. The maximum Gasteiger partial charge on any atom is 0.152 e. The van der Waals surface area contributed by atoms with Gasteiger partial charge in [-0.25, -0.2) is 0 Å². The Morgan fingerprint density at radius 2 is 2.23 bits per heavy atom. The number of carbonyl (C=O) groups excluding carboxylic acids is 1. The van der Waals surface area contributed by atoms with Crippen molar-refractivity contribution in [3.8, 4) is 0 Å². The Morgan fingerprint density at radius 1 is 1.62 bits per heavy atom. The molecule has 13 heavy (non-hydrogen) atoms. The van der Waals surface area contributed by atoms with Gasteiger partial charge in [0, 0.05) is 9.26 Å². The molecular weight excluding hydrogens is 300 g/mol. The summed E-state index contributed by atoms with van der Waals surface area (Å²) in [5.41, 5.74) is 7.13. The summed E-state index contributed by atoms with van der Waals surface area (Å²) in [6, 6.07) is 5.40. The van der Waals surface area contributed by atoms with E-state index >= 15 is 0 Å². The zero-order chi connectivity index (χ0) is 10.0. The standard InChI is InChI=1S/C9H9ClINO/c1-5(13)8(10)6-3-2-4-7(12)9(6)11/h2-4,8H,12H2,1H3. The highest BCUT2D eigenvalue weighted by atomic mass is 127. The van der Waals surface area contributed by atoms with Crippen LogP contribution in [0.2, 0.25) is 0 Å². The highest BCUT2D eigenvalue weighted by Gasteiger charge is 2.16. The van der Waals surface area contributed by atoms with E-state index in [1.807, 2.05) is 6.07 Å². The molecule has 0 fully saturated rings. The predicted molar refractivity (Wildman–Crippen MR) is 62.8 cm³/mol. The summed E-state index contributed by atoms with van der Waals surface area (Å²) in [4.78, 5) is 11.0. The van der Waals surface area contributed by atoms with Crippen LogP contribution in [-0.4, -0.2) is 5.78 Å². The van der Waals surface area contributed by atoms with Crippen LogP contribution in [0.15, 0.2) is 18.2 Å². The average Bonchev–Trinajstić information content (AvgIpc) is 2.08. The van der Waals surface area contributed by atoms with E-state index in [2.05, 4.69) is 22.6 Å². The molecule has 0 aliphatic carbocycles. The minimum atomic E-state index is -0.588. The second-order valence-electron chi connectivity index (χ2n) is 2.72. The van der Waals surface area contributed by atoms with Crippen molar-refractivity contribution in [3.05, 3.63) is 27.3 Å². The van der Waals surface area contributed by atoms with Gasteiger partial charge in [-0.3, -0.25) is 4.79 Å². The molecule has 1 unspecified atom stereocenters. The molecule has 1 aromatic rings. The molecule has 0 aliphatic rings. The van der Waals surface area contributed by atoms with E-state index in [0.29, 0.717) is 5.69 Å². The number of alkyl halides is 1. The first-order chi connectivity index (χ1) is 6.04. The Balaban J connectivity index is 3.15. The van der Waals surface area contributed by atoms with Gasteiger partial charge >= 0.3 is 0 Å². The van der Waals surface area contributed by atoms with Crippen molar-refractivity contribution >= 4 is 45.7 Å². The molecule has 0 spiro atoms. The zero-order valence-corrected chi connectivity index (χ0v) is 9.96. The fraction of sp³-hybridized carbons (Fsp3) is 0.222. The van der Waals surface area contributed by atoms with Crippen LogP contribution in [0.25, 0.3) is 0 Å². The van der Waals surface area contributed by atoms with Crippen LogP contribution in [0.4, 0.5) is 5.69 Å². The summed E-state index contributed by atoms with van der Waals surface area (Å²) in [5.74, 6) is -0.0646. The normalized spacial score (nSPS) is 12.5. The Hall–Kier alpha value is -0.290. The van der Waals surface area contributed by atoms with Crippen molar-refractivity contribution < 1.29 is 4.79 Å². The molecule has 1 atom stereocenters. The number of nitrogen functional groups attached to an aromatic ring is 1. The second kappa shape index (κ2) is 4.28. The van der Waals surface area contributed by atoms with Gasteiger partial charge < -0.3 is 5.73 Å². The molecule has 0 saturated heterocycles. The van der Waals surface area contributed by atoms with Crippen molar-refractivity contribution in [2.75, 3.05) is 5.73 Å². The number of ketones is 1. The van der Waals surface area contributed by atoms with E-state index in [1.54, 1.807) is 12.1 Å². The third kappa shape index (κ3) is 2.34.